The van der Waals surface area contributed by atoms with Crippen molar-refractivity contribution in [1.29, 1.82) is 0 Å². The number of nitrogens with one attached hydrogen (secondary N) is 1. The van der Waals surface area contributed by atoms with Gasteiger partial charge in [-0.2, -0.15) is 0 Å². The highest BCUT2D eigenvalue weighted by molar-refractivity contribution is 5.91. The molecule has 1 N–H and O–H groups in total. The molecule has 26 heavy (non-hydrogen) atoms. The fraction of sp³-hybridized carbons (Fsp3) is 0.250. The molecule has 0 saturated carbocycles. The molecule has 0 aliphatic heterocycles. The minimum Gasteiger partial charge on any atom is -0.324 e. The Morgan fingerprint density at radius 2 is 1.92 bits per heavy atom. The molecule has 1 amide bonds. The molecule has 5 nitrogen and oxygen atoms in total. The number of amides is 1. The fourth-order valence-corrected chi connectivity index (χ4v) is 2.83. The summed E-state index contributed by atoms with van der Waals surface area (Å²) >= 11 is 0. The Morgan fingerprint density at radius 1 is 1.19 bits per heavy atom. The van der Waals surface area contributed by atoms with Gasteiger partial charge in [0.05, 0.1) is 17.2 Å². The molecule has 0 saturated heterocycles. The fourth-order valence-electron chi connectivity index (χ4n) is 2.83. The number of aromatic nitrogens is 2. The quantitative estimate of drug-likeness (QED) is 0.784. The Hall–Kier alpha value is -3.02. The van der Waals surface area contributed by atoms with E-state index in [1.165, 1.54) is 23.0 Å². The van der Waals surface area contributed by atoms with Gasteiger partial charge in [-0.05, 0) is 35.2 Å². The van der Waals surface area contributed by atoms with Crippen LogP contribution in [-0.2, 0) is 16.8 Å². The van der Waals surface area contributed by atoms with Crippen molar-refractivity contribution in [1.82, 2.24) is 9.55 Å². The summed E-state index contributed by atoms with van der Waals surface area (Å²) in [6.45, 7) is 5.98. The lowest BCUT2D eigenvalue weighted by Crippen LogP contribution is -2.28. The van der Waals surface area contributed by atoms with Gasteiger partial charge in [-0.3, -0.25) is 14.2 Å². The molecule has 134 valence electrons. The van der Waals surface area contributed by atoms with Crippen molar-refractivity contribution in [3.05, 3.63) is 70.5 Å². The van der Waals surface area contributed by atoms with Crippen molar-refractivity contribution in [2.45, 2.75) is 32.7 Å². The Balaban J connectivity index is 1.87. The lowest BCUT2D eigenvalue weighted by molar-refractivity contribution is -0.116. The van der Waals surface area contributed by atoms with Gasteiger partial charge in [0.25, 0.3) is 5.56 Å². The standard InChI is InChI=1S/C20H20FN3O2/c1-20(2,3)15-6-4-5-7-17(15)23-18(25)11-24-12-22-16-9-8-13(21)10-14(16)19(24)26/h4-10,12H,11H2,1-3H3,(H,23,25). The summed E-state index contributed by atoms with van der Waals surface area (Å²) in [5.74, 6) is -0.862. The first kappa shape index (κ1) is 17.8. The SMILES string of the molecule is CC(C)(C)c1ccccc1NC(=O)Cn1cnc2ccc(F)cc2c1=O. The number of halogens is 1. The minimum atomic E-state index is -0.516. The molecule has 0 bridgehead atoms. The molecule has 6 heteroatoms. The lowest BCUT2D eigenvalue weighted by atomic mass is 9.86. The second-order valence-electron chi connectivity index (χ2n) is 7.18. The van der Waals surface area contributed by atoms with Crippen LogP contribution in [-0.4, -0.2) is 15.5 Å². The molecule has 0 unspecified atom stereocenters. The number of carbonyl (C=O) groups excluding carboxylic acids is 1. The van der Waals surface area contributed by atoms with Gasteiger partial charge < -0.3 is 5.32 Å². The van der Waals surface area contributed by atoms with E-state index in [0.717, 1.165) is 11.6 Å². The molecule has 2 aromatic carbocycles. The molecule has 0 aliphatic rings. The van der Waals surface area contributed by atoms with Crippen LogP contribution in [0.15, 0.2) is 53.6 Å². The molecule has 3 aromatic rings. The van der Waals surface area contributed by atoms with Gasteiger partial charge in [-0.15, -0.1) is 0 Å². The van der Waals surface area contributed by atoms with E-state index < -0.39 is 11.4 Å². The van der Waals surface area contributed by atoms with Crippen molar-refractivity contribution < 1.29 is 9.18 Å². The molecule has 1 aromatic heterocycles. The van der Waals surface area contributed by atoms with Crippen molar-refractivity contribution >= 4 is 22.5 Å². The summed E-state index contributed by atoms with van der Waals surface area (Å²) in [6, 6.07) is 11.4. The smallest absolute Gasteiger partial charge is 0.261 e. The van der Waals surface area contributed by atoms with Crippen molar-refractivity contribution in [2.75, 3.05) is 5.32 Å². The van der Waals surface area contributed by atoms with Crippen LogP contribution in [0.5, 0.6) is 0 Å². The van der Waals surface area contributed by atoms with E-state index in [1.807, 2.05) is 24.3 Å². The third kappa shape index (κ3) is 3.64. The van der Waals surface area contributed by atoms with E-state index in [4.69, 9.17) is 0 Å². The zero-order chi connectivity index (χ0) is 18.9. The number of hydrogen-bond donors (Lipinski definition) is 1. The Bertz CT molecular complexity index is 1040. The summed E-state index contributed by atoms with van der Waals surface area (Å²) in [5.41, 5.74) is 1.51. The second-order valence-corrected chi connectivity index (χ2v) is 7.18. The number of nitrogens with zero attached hydrogens (tertiary/aromatic N) is 2. The summed E-state index contributed by atoms with van der Waals surface area (Å²) in [7, 11) is 0. The van der Waals surface area contributed by atoms with Crippen molar-refractivity contribution in [2.24, 2.45) is 0 Å². The van der Waals surface area contributed by atoms with E-state index in [0.29, 0.717) is 11.2 Å². The average molecular weight is 353 g/mol. The lowest BCUT2D eigenvalue weighted by Gasteiger charge is -2.23. The number of para-hydroxylation sites is 1. The van der Waals surface area contributed by atoms with Gasteiger partial charge >= 0.3 is 0 Å². The molecular formula is C20H20FN3O2. The third-order valence-corrected chi connectivity index (χ3v) is 4.11. The Labute approximate surface area is 150 Å². The highest BCUT2D eigenvalue weighted by Gasteiger charge is 2.19. The summed E-state index contributed by atoms with van der Waals surface area (Å²) in [6.07, 6.45) is 1.30. The predicted molar refractivity (Wildman–Crippen MR) is 99.7 cm³/mol. The first-order valence-corrected chi connectivity index (χ1v) is 8.30. The molecule has 0 fully saturated rings. The van der Waals surface area contributed by atoms with Crippen LogP contribution in [0.4, 0.5) is 10.1 Å². The number of hydrogen-bond acceptors (Lipinski definition) is 3. The highest BCUT2D eigenvalue weighted by atomic mass is 19.1. The maximum absolute atomic E-state index is 13.4. The molecule has 0 radical (unpaired) electrons. The summed E-state index contributed by atoms with van der Waals surface area (Å²) in [5, 5.41) is 3.00. The van der Waals surface area contributed by atoms with Gasteiger partial charge in [0.1, 0.15) is 12.4 Å². The van der Waals surface area contributed by atoms with Crippen LogP contribution in [0.3, 0.4) is 0 Å². The zero-order valence-electron chi connectivity index (χ0n) is 14.9. The first-order valence-electron chi connectivity index (χ1n) is 8.30. The van der Waals surface area contributed by atoms with Gasteiger partial charge in [0.15, 0.2) is 0 Å². The number of anilines is 1. The van der Waals surface area contributed by atoms with Crippen molar-refractivity contribution in [3.8, 4) is 0 Å². The maximum atomic E-state index is 13.4. The van der Waals surface area contributed by atoms with E-state index in [2.05, 4.69) is 31.1 Å². The highest BCUT2D eigenvalue weighted by Crippen LogP contribution is 2.29. The maximum Gasteiger partial charge on any atom is 0.261 e. The third-order valence-electron chi connectivity index (χ3n) is 4.11. The Morgan fingerprint density at radius 3 is 2.65 bits per heavy atom. The molecule has 0 atom stereocenters. The normalized spacial score (nSPS) is 11.5. The first-order chi connectivity index (χ1) is 12.3. The topological polar surface area (TPSA) is 64.0 Å². The van der Waals surface area contributed by atoms with Crippen molar-refractivity contribution in [3.63, 3.8) is 0 Å². The molecule has 0 spiro atoms. The average Bonchev–Trinajstić information content (AvgIpc) is 2.57. The second kappa shape index (κ2) is 6.71. The molecular weight excluding hydrogens is 333 g/mol. The van der Waals surface area contributed by atoms with Gasteiger partial charge in [-0.1, -0.05) is 39.0 Å². The molecule has 1 heterocycles. The predicted octanol–water partition coefficient (Wildman–Crippen LogP) is 3.47. The van der Waals surface area contributed by atoms with Crippen LogP contribution < -0.4 is 10.9 Å². The Kier molecular flexibility index (Phi) is 4.59. The van der Waals surface area contributed by atoms with E-state index >= 15 is 0 Å². The van der Waals surface area contributed by atoms with Crippen LogP contribution in [0.25, 0.3) is 10.9 Å². The van der Waals surface area contributed by atoms with E-state index in [1.54, 1.807) is 0 Å². The minimum absolute atomic E-state index is 0.136. The van der Waals surface area contributed by atoms with Crippen LogP contribution in [0.1, 0.15) is 26.3 Å². The largest absolute Gasteiger partial charge is 0.324 e. The van der Waals surface area contributed by atoms with E-state index in [-0.39, 0.29) is 23.3 Å². The monoisotopic (exact) mass is 353 g/mol. The van der Waals surface area contributed by atoms with Crippen LogP contribution in [0.2, 0.25) is 0 Å². The number of rotatable bonds is 3. The summed E-state index contributed by atoms with van der Waals surface area (Å²) in [4.78, 5) is 29.0. The van der Waals surface area contributed by atoms with Crippen LogP contribution in [0, 0.1) is 5.82 Å². The number of benzene rings is 2. The van der Waals surface area contributed by atoms with Gasteiger partial charge in [0.2, 0.25) is 5.91 Å². The zero-order valence-corrected chi connectivity index (χ0v) is 14.9. The van der Waals surface area contributed by atoms with Gasteiger partial charge in [0, 0.05) is 5.69 Å². The molecule has 3 rings (SSSR count). The number of fused-ring (bicyclic) bond motifs is 1. The summed E-state index contributed by atoms with van der Waals surface area (Å²) < 4.78 is 14.6. The van der Waals surface area contributed by atoms with E-state index in [9.17, 15) is 14.0 Å². The number of carbonyl (C=O) groups is 1. The van der Waals surface area contributed by atoms with Crippen LogP contribution >= 0.6 is 0 Å². The molecule has 0 aliphatic carbocycles. The van der Waals surface area contributed by atoms with Gasteiger partial charge in [-0.25, -0.2) is 9.37 Å².